The highest BCUT2D eigenvalue weighted by Gasteiger charge is 2.35. The third kappa shape index (κ3) is 1.81. The van der Waals surface area contributed by atoms with Crippen LogP contribution < -0.4 is 4.74 Å². The van der Waals surface area contributed by atoms with Gasteiger partial charge in [0.05, 0.1) is 0 Å². The molecule has 0 saturated carbocycles. The van der Waals surface area contributed by atoms with E-state index in [9.17, 15) is 0 Å². The van der Waals surface area contributed by atoms with E-state index in [4.69, 9.17) is 4.74 Å². The minimum Gasteiger partial charge on any atom is -0.473 e. The molecule has 2 bridgehead atoms. The molecule has 4 rings (SSSR count). The first kappa shape index (κ1) is 9.09. The van der Waals surface area contributed by atoms with Gasteiger partial charge in [-0.05, 0) is 31.8 Å². The van der Waals surface area contributed by atoms with E-state index in [2.05, 4.69) is 14.9 Å². The molecule has 3 saturated heterocycles. The molecule has 0 aromatic carbocycles. The summed E-state index contributed by atoms with van der Waals surface area (Å²) in [6.45, 7) is 3.55. The molecule has 1 aromatic heterocycles. The number of fused-ring (bicyclic) bond motifs is 3. The van der Waals surface area contributed by atoms with E-state index in [1.165, 1.54) is 32.3 Å². The second-order valence-corrected chi connectivity index (χ2v) is 4.34. The van der Waals surface area contributed by atoms with Gasteiger partial charge in [-0.3, -0.25) is 4.90 Å². The second-order valence-electron chi connectivity index (χ2n) is 4.34. The van der Waals surface area contributed by atoms with Gasteiger partial charge in [0, 0.05) is 18.8 Å². The zero-order valence-electron chi connectivity index (χ0n) is 8.67. The van der Waals surface area contributed by atoms with Crippen molar-refractivity contribution in [2.45, 2.75) is 18.9 Å². The molecule has 0 spiro atoms. The molecule has 80 valence electrons. The molecule has 0 amide bonds. The lowest BCUT2D eigenvalue weighted by atomic mass is 9.86. The largest absolute Gasteiger partial charge is 0.473 e. The van der Waals surface area contributed by atoms with Crippen LogP contribution in [0.2, 0.25) is 0 Å². The van der Waals surface area contributed by atoms with E-state index >= 15 is 0 Å². The van der Waals surface area contributed by atoms with Crippen LogP contribution in [-0.2, 0) is 0 Å². The van der Waals surface area contributed by atoms with Crippen molar-refractivity contribution in [1.29, 1.82) is 0 Å². The number of rotatable bonds is 2. The maximum Gasteiger partial charge on any atom is 0.216 e. The summed E-state index contributed by atoms with van der Waals surface area (Å²) in [6, 6.07) is 1.83. The van der Waals surface area contributed by atoms with Gasteiger partial charge in [0.2, 0.25) is 5.88 Å². The summed E-state index contributed by atoms with van der Waals surface area (Å²) in [4.78, 5) is 10.5. The highest BCUT2D eigenvalue weighted by atomic mass is 16.5. The Hall–Kier alpha value is -1.16. The van der Waals surface area contributed by atoms with Gasteiger partial charge in [-0.2, -0.15) is 0 Å². The average molecular weight is 205 g/mol. The summed E-state index contributed by atoms with van der Waals surface area (Å²) in [6.07, 6.45) is 6.15. The van der Waals surface area contributed by atoms with Crippen molar-refractivity contribution in [2.75, 3.05) is 19.6 Å². The number of nitrogens with zero attached hydrogens (tertiary/aromatic N) is 3. The van der Waals surface area contributed by atoms with Gasteiger partial charge >= 0.3 is 0 Å². The third-order valence-corrected chi connectivity index (χ3v) is 3.42. The first-order valence-corrected chi connectivity index (χ1v) is 5.57. The van der Waals surface area contributed by atoms with Crippen LogP contribution in [0.4, 0.5) is 0 Å². The summed E-state index contributed by atoms with van der Waals surface area (Å²) < 4.78 is 5.90. The number of hydrogen-bond donors (Lipinski definition) is 0. The van der Waals surface area contributed by atoms with Gasteiger partial charge in [-0.25, -0.2) is 9.97 Å². The summed E-state index contributed by atoms with van der Waals surface area (Å²) >= 11 is 0. The molecule has 3 fully saturated rings. The number of aromatic nitrogens is 2. The normalized spacial score (nSPS) is 34.0. The van der Waals surface area contributed by atoms with E-state index in [0.29, 0.717) is 12.0 Å². The molecule has 15 heavy (non-hydrogen) atoms. The molecule has 4 heterocycles. The number of piperidine rings is 3. The van der Waals surface area contributed by atoms with Crippen molar-refractivity contribution < 1.29 is 4.74 Å². The predicted molar refractivity (Wildman–Crippen MR) is 55.6 cm³/mol. The molecule has 1 aromatic rings. The van der Waals surface area contributed by atoms with Crippen molar-refractivity contribution in [1.82, 2.24) is 14.9 Å². The van der Waals surface area contributed by atoms with E-state index in [1.54, 1.807) is 6.20 Å². The first-order valence-electron chi connectivity index (χ1n) is 5.57. The van der Waals surface area contributed by atoms with Crippen LogP contribution in [0.5, 0.6) is 5.88 Å². The molecule has 1 atom stereocenters. The maximum absolute atomic E-state index is 5.90. The molecule has 4 heteroatoms. The van der Waals surface area contributed by atoms with Gasteiger partial charge in [-0.15, -0.1) is 0 Å². The Morgan fingerprint density at radius 3 is 2.80 bits per heavy atom. The van der Waals surface area contributed by atoms with Gasteiger partial charge in [-0.1, -0.05) is 0 Å². The van der Waals surface area contributed by atoms with Gasteiger partial charge in [0.25, 0.3) is 0 Å². The molecule has 3 aliphatic rings. The summed E-state index contributed by atoms with van der Waals surface area (Å²) in [5.74, 6) is 1.44. The Labute approximate surface area is 89.3 Å². The summed E-state index contributed by atoms with van der Waals surface area (Å²) in [5.41, 5.74) is 0. The van der Waals surface area contributed by atoms with Crippen LogP contribution >= 0.6 is 0 Å². The van der Waals surface area contributed by atoms with Crippen LogP contribution in [0.1, 0.15) is 12.8 Å². The molecular weight excluding hydrogens is 190 g/mol. The molecule has 1 unspecified atom stereocenters. The lowest BCUT2D eigenvalue weighted by Crippen LogP contribution is -2.52. The molecule has 3 aliphatic heterocycles. The Bertz CT molecular complexity index is 322. The van der Waals surface area contributed by atoms with Gasteiger partial charge < -0.3 is 4.74 Å². The quantitative estimate of drug-likeness (QED) is 0.720. The van der Waals surface area contributed by atoms with Crippen molar-refractivity contribution >= 4 is 0 Å². The lowest BCUT2D eigenvalue weighted by Gasteiger charge is -2.44. The SMILES string of the molecule is c1cc(OC2CN3CCC2CC3)ncn1. The molecule has 4 nitrogen and oxygen atoms in total. The lowest BCUT2D eigenvalue weighted by molar-refractivity contribution is -0.00999. The average Bonchev–Trinajstić information content (AvgIpc) is 2.32. The van der Waals surface area contributed by atoms with Gasteiger partial charge in [0.15, 0.2) is 0 Å². The van der Waals surface area contributed by atoms with Crippen molar-refractivity contribution in [3.8, 4) is 5.88 Å². The van der Waals surface area contributed by atoms with Crippen LogP contribution in [-0.4, -0.2) is 40.6 Å². The predicted octanol–water partition coefficient (Wildman–Crippen LogP) is 0.950. The number of ether oxygens (including phenoxy) is 1. The Balaban J connectivity index is 1.69. The van der Waals surface area contributed by atoms with Crippen LogP contribution in [0.25, 0.3) is 0 Å². The Kier molecular flexibility index (Phi) is 2.29. The monoisotopic (exact) mass is 205 g/mol. The second kappa shape index (κ2) is 3.77. The van der Waals surface area contributed by atoms with E-state index < -0.39 is 0 Å². The summed E-state index contributed by atoms with van der Waals surface area (Å²) in [7, 11) is 0. The van der Waals surface area contributed by atoms with Crippen molar-refractivity contribution in [3.63, 3.8) is 0 Å². The fraction of sp³-hybridized carbons (Fsp3) is 0.636. The third-order valence-electron chi connectivity index (χ3n) is 3.42. The molecular formula is C11H15N3O. The fourth-order valence-electron chi connectivity index (χ4n) is 2.55. The maximum atomic E-state index is 5.90. The molecule has 0 N–H and O–H groups in total. The van der Waals surface area contributed by atoms with E-state index in [0.717, 1.165) is 12.5 Å². The Morgan fingerprint density at radius 2 is 2.20 bits per heavy atom. The smallest absolute Gasteiger partial charge is 0.216 e. The highest BCUT2D eigenvalue weighted by Crippen LogP contribution is 2.29. The topological polar surface area (TPSA) is 38.2 Å². The molecule has 0 radical (unpaired) electrons. The van der Waals surface area contributed by atoms with E-state index in [1.807, 2.05) is 6.07 Å². The fourth-order valence-corrected chi connectivity index (χ4v) is 2.55. The first-order chi connectivity index (χ1) is 7.42. The van der Waals surface area contributed by atoms with Crippen LogP contribution in [0.3, 0.4) is 0 Å². The molecule has 0 aliphatic carbocycles. The van der Waals surface area contributed by atoms with Crippen molar-refractivity contribution in [2.24, 2.45) is 5.92 Å². The standard InChI is InChI=1S/C11H15N3O/c1-4-12-8-13-11(1)15-10-7-14-5-2-9(10)3-6-14/h1,4,8-10H,2-3,5-7H2. The zero-order valence-corrected chi connectivity index (χ0v) is 8.67. The zero-order chi connectivity index (χ0) is 10.1. The number of hydrogen-bond acceptors (Lipinski definition) is 4. The van der Waals surface area contributed by atoms with Gasteiger partial charge in [0.1, 0.15) is 12.4 Å². The highest BCUT2D eigenvalue weighted by molar-refractivity contribution is 5.06. The van der Waals surface area contributed by atoms with Crippen molar-refractivity contribution in [3.05, 3.63) is 18.6 Å². The minimum atomic E-state index is 0.336. The van der Waals surface area contributed by atoms with E-state index in [-0.39, 0.29) is 0 Å². The van der Waals surface area contributed by atoms with Crippen LogP contribution in [0.15, 0.2) is 18.6 Å². The summed E-state index contributed by atoms with van der Waals surface area (Å²) in [5, 5.41) is 0. The Morgan fingerprint density at radius 1 is 1.33 bits per heavy atom. The van der Waals surface area contributed by atoms with Crippen LogP contribution in [0, 0.1) is 5.92 Å². The minimum absolute atomic E-state index is 0.336.